The second kappa shape index (κ2) is 6.41. The zero-order valence-corrected chi connectivity index (χ0v) is 14.2. The zero-order valence-electron chi connectivity index (χ0n) is 14.2. The van der Waals surface area contributed by atoms with E-state index < -0.39 is 0 Å². The predicted molar refractivity (Wildman–Crippen MR) is 93.0 cm³/mol. The number of nitrogens with zero attached hydrogens (tertiary/aromatic N) is 3. The standard InChI is InChI=1S/C19H23N3O/c1-13(2)16-5-7-17(8-6-16)23-10-9-22-19-12-15(4)14(3)11-18(19)20-21-22/h5-8,11-13H,9-10H2,1-4H3. The van der Waals surface area contributed by atoms with E-state index >= 15 is 0 Å². The minimum atomic E-state index is 0.539. The molecule has 0 amide bonds. The number of fused-ring (bicyclic) bond motifs is 1. The Labute approximate surface area is 137 Å². The van der Waals surface area contributed by atoms with E-state index in [1.54, 1.807) is 0 Å². The smallest absolute Gasteiger partial charge is 0.119 e. The van der Waals surface area contributed by atoms with Crippen LogP contribution in [0.25, 0.3) is 11.0 Å². The molecule has 1 heterocycles. The van der Waals surface area contributed by atoms with Gasteiger partial charge in [-0.2, -0.15) is 0 Å². The summed E-state index contributed by atoms with van der Waals surface area (Å²) in [6.07, 6.45) is 0. The molecule has 120 valence electrons. The minimum Gasteiger partial charge on any atom is -0.492 e. The Morgan fingerprint density at radius 2 is 1.74 bits per heavy atom. The largest absolute Gasteiger partial charge is 0.492 e. The van der Waals surface area contributed by atoms with Gasteiger partial charge in [0.2, 0.25) is 0 Å². The van der Waals surface area contributed by atoms with Crippen molar-refractivity contribution in [1.82, 2.24) is 15.0 Å². The molecule has 23 heavy (non-hydrogen) atoms. The molecule has 0 aliphatic rings. The molecule has 0 atom stereocenters. The van der Waals surface area contributed by atoms with Crippen LogP contribution in [-0.2, 0) is 6.54 Å². The van der Waals surface area contributed by atoms with Crippen LogP contribution in [0.15, 0.2) is 36.4 Å². The number of rotatable bonds is 5. The van der Waals surface area contributed by atoms with Crippen LogP contribution in [0.2, 0.25) is 0 Å². The molecule has 0 saturated heterocycles. The normalized spacial score (nSPS) is 11.3. The molecule has 4 heteroatoms. The van der Waals surface area contributed by atoms with Gasteiger partial charge in [-0.15, -0.1) is 5.10 Å². The Hall–Kier alpha value is -2.36. The molecule has 0 aliphatic heterocycles. The molecule has 0 radical (unpaired) electrons. The van der Waals surface area contributed by atoms with Gasteiger partial charge in [-0.05, 0) is 60.7 Å². The van der Waals surface area contributed by atoms with E-state index in [9.17, 15) is 0 Å². The lowest BCUT2D eigenvalue weighted by atomic mass is 10.0. The average Bonchev–Trinajstić information content (AvgIpc) is 2.90. The van der Waals surface area contributed by atoms with E-state index in [4.69, 9.17) is 4.74 Å². The van der Waals surface area contributed by atoms with E-state index in [1.807, 2.05) is 16.8 Å². The second-order valence-corrected chi connectivity index (χ2v) is 6.31. The third-order valence-electron chi connectivity index (χ3n) is 4.25. The first-order chi connectivity index (χ1) is 11.0. The molecular formula is C19H23N3O. The first-order valence-corrected chi connectivity index (χ1v) is 8.08. The fourth-order valence-corrected chi connectivity index (χ4v) is 2.59. The molecule has 0 aliphatic carbocycles. The molecule has 1 aromatic heterocycles. The summed E-state index contributed by atoms with van der Waals surface area (Å²) >= 11 is 0. The topological polar surface area (TPSA) is 39.9 Å². The van der Waals surface area contributed by atoms with Crippen molar-refractivity contribution in [3.63, 3.8) is 0 Å². The van der Waals surface area contributed by atoms with Gasteiger partial charge in [0.15, 0.2) is 0 Å². The van der Waals surface area contributed by atoms with Crippen LogP contribution in [-0.4, -0.2) is 21.6 Å². The molecule has 0 fully saturated rings. The maximum absolute atomic E-state index is 5.83. The van der Waals surface area contributed by atoms with E-state index in [-0.39, 0.29) is 0 Å². The van der Waals surface area contributed by atoms with Crippen molar-refractivity contribution >= 4 is 11.0 Å². The van der Waals surface area contributed by atoms with E-state index in [0.29, 0.717) is 19.1 Å². The lowest BCUT2D eigenvalue weighted by Gasteiger charge is -2.09. The van der Waals surface area contributed by atoms with Crippen LogP contribution in [0.5, 0.6) is 5.75 Å². The highest BCUT2D eigenvalue weighted by Crippen LogP contribution is 2.19. The SMILES string of the molecule is Cc1cc2nnn(CCOc3ccc(C(C)C)cc3)c2cc1C. The first kappa shape index (κ1) is 15.5. The zero-order chi connectivity index (χ0) is 16.4. The molecule has 3 rings (SSSR count). The summed E-state index contributed by atoms with van der Waals surface area (Å²) in [5.74, 6) is 1.43. The molecule has 0 unspecified atom stereocenters. The summed E-state index contributed by atoms with van der Waals surface area (Å²) in [6.45, 7) is 9.85. The summed E-state index contributed by atoms with van der Waals surface area (Å²) in [4.78, 5) is 0. The summed E-state index contributed by atoms with van der Waals surface area (Å²) in [5.41, 5.74) is 5.82. The summed E-state index contributed by atoms with van der Waals surface area (Å²) in [6, 6.07) is 12.5. The van der Waals surface area contributed by atoms with Gasteiger partial charge in [0, 0.05) is 0 Å². The molecule has 4 nitrogen and oxygen atoms in total. The van der Waals surface area contributed by atoms with Crippen LogP contribution in [0.3, 0.4) is 0 Å². The van der Waals surface area contributed by atoms with E-state index in [2.05, 4.69) is 62.3 Å². The van der Waals surface area contributed by atoms with Gasteiger partial charge in [0.05, 0.1) is 12.1 Å². The fourth-order valence-electron chi connectivity index (χ4n) is 2.59. The number of hydrogen-bond acceptors (Lipinski definition) is 3. The number of ether oxygens (including phenoxy) is 1. The minimum absolute atomic E-state index is 0.539. The van der Waals surface area contributed by atoms with Crippen molar-refractivity contribution in [2.45, 2.75) is 40.2 Å². The summed E-state index contributed by atoms with van der Waals surface area (Å²) in [5, 5.41) is 8.47. The Morgan fingerprint density at radius 3 is 2.43 bits per heavy atom. The van der Waals surface area contributed by atoms with Crippen molar-refractivity contribution in [3.05, 3.63) is 53.1 Å². The Kier molecular flexibility index (Phi) is 4.33. The van der Waals surface area contributed by atoms with Crippen molar-refractivity contribution in [3.8, 4) is 5.75 Å². The van der Waals surface area contributed by atoms with Crippen LogP contribution >= 0.6 is 0 Å². The van der Waals surface area contributed by atoms with Crippen LogP contribution in [0, 0.1) is 13.8 Å². The monoisotopic (exact) mass is 309 g/mol. The van der Waals surface area contributed by atoms with Gasteiger partial charge in [-0.25, -0.2) is 4.68 Å². The third-order valence-corrected chi connectivity index (χ3v) is 4.25. The first-order valence-electron chi connectivity index (χ1n) is 8.08. The van der Waals surface area contributed by atoms with Gasteiger partial charge in [-0.3, -0.25) is 0 Å². The van der Waals surface area contributed by atoms with Gasteiger partial charge < -0.3 is 4.74 Å². The van der Waals surface area contributed by atoms with Crippen LogP contribution < -0.4 is 4.74 Å². The van der Waals surface area contributed by atoms with Crippen LogP contribution in [0.1, 0.15) is 36.5 Å². The highest BCUT2D eigenvalue weighted by Gasteiger charge is 2.07. The van der Waals surface area contributed by atoms with Crippen molar-refractivity contribution in [2.75, 3.05) is 6.61 Å². The van der Waals surface area contributed by atoms with Gasteiger partial charge >= 0.3 is 0 Å². The van der Waals surface area contributed by atoms with Crippen molar-refractivity contribution in [1.29, 1.82) is 0 Å². The van der Waals surface area contributed by atoms with Gasteiger partial charge in [0.1, 0.15) is 17.9 Å². The summed E-state index contributed by atoms with van der Waals surface area (Å²) < 4.78 is 7.74. The second-order valence-electron chi connectivity index (χ2n) is 6.31. The highest BCUT2D eigenvalue weighted by molar-refractivity contribution is 5.76. The summed E-state index contributed by atoms with van der Waals surface area (Å²) in [7, 11) is 0. The van der Waals surface area contributed by atoms with Crippen LogP contribution in [0.4, 0.5) is 0 Å². The fraction of sp³-hybridized carbons (Fsp3) is 0.368. The van der Waals surface area contributed by atoms with Crippen molar-refractivity contribution in [2.24, 2.45) is 0 Å². The third kappa shape index (κ3) is 3.36. The van der Waals surface area contributed by atoms with Gasteiger partial charge in [-0.1, -0.05) is 31.2 Å². The molecule has 0 spiro atoms. The maximum Gasteiger partial charge on any atom is 0.119 e. The van der Waals surface area contributed by atoms with E-state index in [0.717, 1.165) is 16.8 Å². The molecule has 0 bridgehead atoms. The lowest BCUT2D eigenvalue weighted by Crippen LogP contribution is -2.09. The maximum atomic E-state index is 5.83. The van der Waals surface area contributed by atoms with Gasteiger partial charge in [0.25, 0.3) is 0 Å². The number of hydrogen-bond donors (Lipinski definition) is 0. The highest BCUT2D eigenvalue weighted by atomic mass is 16.5. The quantitative estimate of drug-likeness (QED) is 0.707. The molecule has 0 N–H and O–H groups in total. The number of benzene rings is 2. The Bertz CT molecular complexity index is 803. The number of aryl methyl sites for hydroxylation is 2. The molecule has 2 aromatic carbocycles. The Balaban J connectivity index is 1.65. The molecule has 0 saturated carbocycles. The average molecular weight is 309 g/mol. The molecular weight excluding hydrogens is 286 g/mol. The van der Waals surface area contributed by atoms with Crippen molar-refractivity contribution < 1.29 is 4.74 Å². The Morgan fingerprint density at radius 1 is 1.04 bits per heavy atom. The van der Waals surface area contributed by atoms with E-state index in [1.165, 1.54) is 16.7 Å². The number of aromatic nitrogens is 3. The predicted octanol–water partition coefficient (Wildman–Crippen LogP) is 4.25. The lowest BCUT2D eigenvalue weighted by molar-refractivity contribution is 0.292. The molecule has 3 aromatic rings.